The van der Waals surface area contributed by atoms with Gasteiger partial charge in [-0.15, -0.1) is 0 Å². The number of imidazole rings is 1. The zero-order valence-corrected chi connectivity index (χ0v) is 18.7. The number of fused-ring (bicyclic) bond motifs is 1. The number of aromatic nitrogens is 3. The second kappa shape index (κ2) is 8.30. The summed E-state index contributed by atoms with van der Waals surface area (Å²) in [5.74, 6) is 1.51. The third kappa shape index (κ3) is 4.27. The molecule has 0 saturated carbocycles. The quantitative estimate of drug-likeness (QED) is 0.651. The first-order valence-electron chi connectivity index (χ1n) is 10.3. The third-order valence-corrected chi connectivity index (χ3v) is 7.52. The number of hydrogen-bond acceptors (Lipinski definition) is 6. The second-order valence-corrected chi connectivity index (χ2v) is 10.1. The number of carbonyl (C=O) groups is 1. The zero-order valence-electron chi connectivity index (χ0n) is 17.9. The van der Waals surface area contributed by atoms with Crippen LogP contribution in [0.5, 0.6) is 5.75 Å². The maximum atomic E-state index is 12.8. The minimum atomic E-state index is -2.94. The molecule has 1 fully saturated rings. The van der Waals surface area contributed by atoms with Crippen molar-refractivity contribution >= 4 is 32.5 Å². The van der Waals surface area contributed by atoms with Crippen LogP contribution in [0.25, 0.3) is 11.0 Å². The maximum Gasteiger partial charge on any atom is 0.274 e. The molecule has 1 aliphatic rings. The number of rotatable bonds is 5. The number of pyridine rings is 1. The van der Waals surface area contributed by atoms with Gasteiger partial charge in [0.2, 0.25) is 0 Å². The molecule has 0 bridgehead atoms. The number of benzene rings is 1. The van der Waals surface area contributed by atoms with E-state index >= 15 is 0 Å². The summed E-state index contributed by atoms with van der Waals surface area (Å²) in [4.78, 5) is 21.9. The van der Waals surface area contributed by atoms with Crippen LogP contribution in [-0.2, 0) is 23.3 Å². The van der Waals surface area contributed by atoms with Gasteiger partial charge in [0.15, 0.2) is 0 Å². The molecule has 3 heterocycles. The van der Waals surface area contributed by atoms with Crippen molar-refractivity contribution in [3.8, 4) is 5.75 Å². The molecule has 0 spiro atoms. The first kappa shape index (κ1) is 21.3. The van der Waals surface area contributed by atoms with Crippen LogP contribution in [0.15, 0.2) is 30.3 Å². The predicted octanol–water partition coefficient (Wildman–Crippen LogP) is 3.08. The zero-order chi connectivity index (χ0) is 22.2. The number of nitrogens with zero attached hydrogens (tertiary/aromatic N) is 3. The van der Waals surface area contributed by atoms with Crippen molar-refractivity contribution in [3.05, 3.63) is 47.5 Å². The molecule has 1 saturated heterocycles. The van der Waals surface area contributed by atoms with Gasteiger partial charge in [0.05, 0.1) is 35.3 Å². The standard InChI is InChI=1S/C22H26N4O4S/c1-4-15-6-5-7-16(23-15)22(27)25-18-12-19-17(13-20(18)30-3)24-21(26(19)2)14-8-10-31(28,29)11-9-14/h5-7,12-14H,4,8-11H2,1-3H3,(H,25,27). The molecule has 1 aromatic carbocycles. The molecule has 1 aliphatic heterocycles. The number of methoxy groups -OCH3 is 1. The highest BCUT2D eigenvalue weighted by atomic mass is 32.2. The summed E-state index contributed by atoms with van der Waals surface area (Å²) in [5.41, 5.74) is 3.31. The highest BCUT2D eigenvalue weighted by Crippen LogP contribution is 2.35. The van der Waals surface area contributed by atoms with Gasteiger partial charge in [-0.3, -0.25) is 4.79 Å². The Morgan fingerprint density at radius 1 is 1.23 bits per heavy atom. The van der Waals surface area contributed by atoms with E-state index in [0.717, 1.165) is 29.0 Å². The molecule has 164 valence electrons. The number of carbonyl (C=O) groups excluding carboxylic acids is 1. The van der Waals surface area contributed by atoms with Crippen molar-refractivity contribution in [1.29, 1.82) is 0 Å². The highest BCUT2D eigenvalue weighted by Gasteiger charge is 2.28. The summed E-state index contributed by atoms with van der Waals surface area (Å²) in [6, 6.07) is 9.02. The number of aryl methyl sites for hydroxylation is 2. The van der Waals surface area contributed by atoms with E-state index in [1.54, 1.807) is 19.2 Å². The fourth-order valence-electron chi connectivity index (χ4n) is 4.01. The van der Waals surface area contributed by atoms with Gasteiger partial charge in [-0.25, -0.2) is 18.4 Å². The van der Waals surface area contributed by atoms with E-state index < -0.39 is 9.84 Å². The number of amides is 1. The average Bonchev–Trinajstić information content (AvgIpc) is 3.08. The molecular formula is C22H26N4O4S. The van der Waals surface area contributed by atoms with Crippen molar-refractivity contribution < 1.29 is 17.9 Å². The SMILES string of the molecule is CCc1cccc(C(=O)Nc2cc3c(cc2OC)nc(C2CCS(=O)(=O)CC2)n3C)n1. The summed E-state index contributed by atoms with van der Waals surface area (Å²) in [7, 11) is 0.520. The summed E-state index contributed by atoms with van der Waals surface area (Å²) >= 11 is 0. The minimum absolute atomic E-state index is 0.0888. The Labute approximate surface area is 181 Å². The first-order valence-corrected chi connectivity index (χ1v) is 12.2. The smallest absolute Gasteiger partial charge is 0.274 e. The van der Waals surface area contributed by atoms with E-state index in [1.807, 2.05) is 36.7 Å². The van der Waals surface area contributed by atoms with Crippen LogP contribution in [0.4, 0.5) is 5.69 Å². The Kier molecular flexibility index (Phi) is 5.70. The molecule has 4 rings (SSSR count). The molecule has 1 N–H and O–H groups in total. The number of hydrogen-bond donors (Lipinski definition) is 1. The van der Waals surface area contributed by atoms with Crippen molar-refractivity contribution in [2.24, 2.45) is 7.05 Å². The van der Waals surface area contributed by atoms with Gasteiger partial charge in [-0.1, -0.05) is 13.0 Å². The van der Waals surface area contributed by atoms with Crippen LogP contribution >= 0.6 is 0 Å². The van der Waals surface area contributed by atoms with E-state index in [1.165, 1.54) is 0 Å². The fourth-order valence-corrected chi connectivity index (χ4v) is 5.50. The van der Waals surface area contributed by atoms with E-state index in [-0.39, 0.29) is 23.3 Å². The van der Waals surface area contributed by atoms with Gasteiger partial charge >= 0.3 is 0 Å². The Morgan fingerprint density at radius 2 is 1.97 bits per heavy atom. The first-order chi connectivity index (χ1) is 14.8. The van der Waals surface area contributed by atoms with Crippen LogP contribution < -0.4 is 10.1 Å². The number of anilines is 1. The van der Waals surface area contributed by atoms with Gasteiger partial charge in [0.25, 0.3) is 5.91 Å². The normalized spacial score (nSPS) is 16.4. The Morgan fingerprint density at radius 3 is 2.65 bits per heavy atom. The van der Waals surface area contributed by atoms with Gasteiger partial charge < -0.3 is 14.6 Å². The number of ether oxygens (including phenoxy) is 1. The molecule has 31 heavy (non-hydrogen) atoms. The fraction of sp³-hybridized carbons (Fsp3) is 0.409. The summed E-state index contributed by atoms with van der Waals surface area (Å²) < 4.78 is 31.0. The van der Waals surface area contributed by atoms with E-state index in [9.17, 15) is 13.2 Å². The lowest BCUT2D eigenvalue weighted by Gasteiger charge is -2.21. The largest absolute Gasteiger partial charge is 0.494 e. The molecule has 1 amide bonds. The summed E-state index contributed by atoms with van der Waals surface area (Å²) in [6.07, 6.45) is 1.88. The Bertz CT molecular complexity index is 1240. The van der Waals surface area contributed by atoms with Gasteiger partial charge in [0, 0.05) is 24.7 Å². The van der Waals surface area contributed by atoms with Gasteiger partial charge in [-0.05, 0) is 37.5 Å². The third-order valence-electron chi connectivity index (χ3n) is 5.81. The van der Waals surface area contributed by atoms with Crippen LogP contribution in [-0.4, -0.2) is 47.5 Å². The molecule has 2 aromatic heterocycles. The van der Waals surface area contributed by atoms with Crippen molar-refractivity contribution in [2.75, 3.05) is 23.9 Å². The molecule has 0 unspecified atom stereocenters. The topological polar surface area (TPSA) is 103 Å². The second-order valence-electron chi connectivity index (χ2n) is 7.82. The molecule has 0 atom stereocenters. The summed E-state index contributed by atoms with van der Waals surface area (Å²) in [6.45, 7) is 1.99. The predicted molar refractivity (Wildman–Crippen MR) is 119 cm³/mol. The Balaban J connectivity index is 1.66. The molecule has 0 radical (unpaired) electrons. The van der Waals surface area contributed by atoms with Crippen molar-refractivity contribution in [1.82, 2.24) is 14.5 Å². The van der Waals surface area contributed by atoms with E-state index in [0.29, 0.717) is 30.0 Å². The van der Waals surface area contributed by atoms with E-state index in [4.69, 9.17) is 9.72 Å². The minimum Gasteiger partial charge on any atom is -0.494 e. The lowest BCUT2D eigenvalue weighted by atomic mass is 10.0. The van der Waals surface area contributed by atoms with Crippen LogP contribution in [0.2, 0.25) is 0 Å². The van der Waals surface area contributed by atoms with Gasteiger partial charge in [0.1, 0.15) is 27.1 Å². The van der Waals surface area contributed by atoms with Gasteiger partial charge in [-0.2, -0.15) is 0 Å². The van der Waals surface area contributed by atoms with Crippen molar-refractivity contribution in [3.63, 3.8) is 0 Å². The number of nitrogens with one attached hydrogen (secondary N) is 1. The molecular weight excluding hydrogens is 416 g/mol. The lowest BCUT2D eigenvalue weighted by molar-refractivity contribution is 0.102. The molecule has 8 nitrogen and oxygen atoms in total. The number of sulfone groups is 1. The lowest BCUT2D eigenvalue weighted by Crippen LogP contribution is -2.23. The van der Waals surface area contributed by atoms with Crippen LogP contribution in [0.3, 0.4) is 0 Å². The highest BCUT2D eigenvalue weighted by molar-refractivity contribution is 7.91. The van der Waals surface area contributed by atoms with Crippen LogP contribution in [0, 0.1) is 0 Å². The maximum absolute atomic E-state index is 12.8. The molecule has 9 heteroatoms. The van der Waals surface area contributed by atoms with Crippen LogP contribution in [0.1, 0.15) is 47.7 Å². The van der Waals surface area contributed by atoms with E-state index in [2.05, 4.69) is 10.3 Å². The average molecular weight is 443 g/mol. The monoisotopic (exact) mass is 442 g/mol. The Hall–Kier alpha value is -2.94. The van der Waals surface area contributed by atoms with Crippen molar-refractivity contribution in [2.45, 2.75) is 32.1 Å². The summed E-state index contributed by atoms with van der Waals surface area (Å²) in [5, 5.41) is 2.90. The molecule has 3 aromatic rings. The molecule has 0 aliphatic carbocycles.